The standard InChI is InChI=1S/C23H19N3O4S/c1-15-7-9-18(10-8-15)22-24-23(30-25-22)20-5-3-4-6-21(20)31(28,29)26-19-13-11-17(12-14-19)16(2)27/h3-14,26H,1-2H3. The van der Waals surface area contributed by atoms with E-state index in [1.165, 1.54) is 13.0 Å². The number of benzene rings is 3. The third-order valence-corrected chi connectivity index (χ3v) is 6.13. The van der Waals surface area contributed by atoms with Crippen molar-refractivity contribution < 1.29 is 17.7 Å². The van der Waals surface area contributed by atoms with Gasteiger partial charge in [-0.3, -0.25) is 9.52 Å². The van der Waals surface area contributed by atoms with Gasteiger partial charge in [-0.15, -0.1) is 0 Å². The molecule has 0 saturated carbocycles. The lowest BCUT2D eigenvalue weighted by Gasteiger charge is -2.10. The number of nitrogens with one attached hydrogen (secondary N) is 1. The minimum atomic E-state index is -3.95. The maximum atomic E-state index is 13.1. The summed E-state index contributed by atoms with van der Waals surface area (Å²) >= 11 is 0. The second-order valence-electron chi connectivity index (χ2n) is 7.02. The topological polar surface area (TPSA) is 102 Å². The van der Waals surface area contributed by atoms with Gasteiger partial charge in [0.05, 0.1) is 5.56 Å². The van der Waals surface area contributed by atoms with Gasteiger partial charge in [0.2, 0.25) is 5.82 Å². The number of aryl methyl sites for hydroxylation is 1. The third kappa shape index (κ3) is 4.39. The third-order valence-electron chi connectivity index (χ3n) is 4.69. The number of carbonyl (C=O) groups excluding carboxylic acids is 1. The van der Waals surface area contributed by atoms with E-state index in [9.17, 15) is 13.2 Å². The molecule has 1 heterocycles. The van der Waals surface area contributed by atoms with Crippen LogP contribution in [0, 0.1) is 6.92 Å². The molecule has 0 radical (unpaired) electrons. The SMILES string of the molecule is CC(=O)c1ccc(NS(=O)(=O)c2ccccc2-c2nc(-c3ccc(C)cc3)no2)cc1. The van der Waals surface area contributed by atoms with Crippen molar-refractivity contribution in [3.63, 3.8) is 0 Å². The lowest BCUT2D eigenvalue weighted by molar-refractivity contribution is 0.101. The Morgan fingerprint density at radius 1 is 0.935 bits per heavy atom. The van der Waals surface area contributed by atoms with Crippen LogP contribution in [0.3, 0.4) is 0 Å². The van der Waals surface area contributed by atoms with Crippen molar-refractivity contribution in [2.45, 2.75) is 18.7 Å². The van der Waals surface area contributed by atoms with E-state index in [2.05, 4.69) is 14.9 Å². The van der Waals surface area contributed by atoms with Crippen molar-refractivity contribution in [2.24, 2.45) is 0 Å². The monoisotopic (exact) mass is 433 g/mol. The highest BCUT2D eigenvalue weighted by Crippen LogP contribution is 2.29. The minimum absolute atomic E-state index is 0.00440. The number of ketones is 1. The Kier molecular flexibility index (Phi) is 5.39. The molecule has 0 spiro atoms. The highest BCUT2D eigenvalue weighted by atomic mass is 32.2. The van der Waals surface area contributed by atoms with Crippen LogP contribution in [0.15, 0.2) is 82.2 Å². The summed E-state index contributed by atoms with van der Waals surface area (Å²) in [5, 5.41) is 3.99. The fourth-order valence-electron chi connectivity index (χ4n) is 3.01. The van der Waals surface area contributed by atoms with Gasteiger partial charge >= 0.3 is 0 Å². The molecule has 0 amide bonds. The molecular weight excluding hydrogens is 414 g/mol. The first-order valence-corrected chi connectivity index (χ1v) is 11.0. The van der Waals surface area contributed by atoms with E-state index in [4.69, 9.17) is 4.52 Å². The van der Waals surface area contributed by atoms with E-state index in [1.807, 2.05) is 31.2 Å². The number of carbonyl (C=O) groups is 1. The van der Waals surface area contributed by atoms with Crippen LogP contribution in [-0.2, 0) is 10.0 Å². The number of nitrogens with zero attached hydrogens (tertiary/aromatic N) is 2. The molecule has 8 heteroatoms. The number of rotatable bonds is 6. The first-order valence-electron chi connectivity index (χ1n) is 9.47. The second kappa shape index (κ2) is 8.16. The summed E-state index contributed by atoms with van der Waals surface area (Å²) in [6.45, 7) is 3.43. The molecule has 0 bridgehead atoms. The molecule has 1 aromatic heterocycles. The maximum Gasteiger partial charge on any atom is 0.262 e. The van der Waals surface area contributed by atoms with Crippen molar-refractivity contribution in [1.82, 2.24) is 10.1 Å². The maximum absolute atomic E-state index is 13.1. The molecule has 4 aromatic rings. The molecule has 0 aliphatic carbocycles. The molecule has 4 rings (SSSR count). The van der Waals surface area contributed by atoms with Gasteiger partial charge in [0.1, 0.15) is 4.90 Å². The predicted molar refractivity (Wildman–Crippen MR) is 117 cm³/mol. The summed E-state index contributed by atoms with van der Waals surface area (Å²) in [7, 11) is -3.95. The normalized spacial score (nSPS) is 11.3. The van der Waals surface area contributed by atoms with Gasteiger partial charge in [-0.2, -0.15) is 4.98 Å². The van der Waals surface area contributed by atoms with Crippen molar-refractivity contribution in [1.29, 1.82) is 0 Å². The van der Waals surface area contributed by atoms with Crippen molar-refractivity contribution in [2.75, 3.05) is 4.72 Å². The Bertz CT molecular complexity index is 1340. The molecular formula is C23H19N3O4S. The van der Waals surface area contributed by atoms with E-state index in [1.54, 1.807) is 42.5 Å². The van der Waals surface area contributed by atoms with Gasteiger partial charge in [0.25, 0.3) is 15.9 Å². The average Bonchev–Trinajstić information content (AvgIpc) is 3.24. The van der Waals surface area contributed by atoms with Crippen LogP contribution in [-0.4, -0.2) is 24.3 Å². The zero-order chi connectivity index (χ0) is 22.0. The number of Topliss-reactive ketones (excluding diaryl/α,β-unsaturated/α-hetero) is 1. The van der Waals surface area contributed by atoms with Crippen LogP contribution in [0.25, 0.3) is 22.8 Å². The van der Waals surface area contributed by atoms with E-state index in [0.29, 0.717) is 22.6 Å². The number of anilines is 1. The van der Waals surface area contributed by atoms with Gasteiger partial charge in [-0.05, 0) is 50.2 Å². The van der Waals surface area contributed by atoms with Crippen molar-refractivity contribution in [3.05, 3.63) is 83.9 Å². The molecule has 0 saturated heterocycles. The molecule has 156 valence electrons. The van der Waals surface area contributed by atoms with Crippen molar-refractivity contribution in [3.8, 4) is 22.8 Å². The highest BCUT2D eigenvalue weighted by Gasteiger charge is 2.23. The Morgan fingerprint density at radius 2 is 1.61 bits per heavy atom. The zero-order valence-corrected chi connectivity index (χ0v) is 17.7. The Hall–Kier alpha value is -3.78. The van der Waals surface area contributed by atoms with Crippen LogP contribution < -0.4 is 4.72 Å². The first kappa shape index (κ1) is 20.5. The number of hydrogen-bond acceptors (Lipinski definition) is 6. The molecule has 0 atom stereocenters. The average molecular weight is 433 g/mol. The fourth-order valence-corrected chi connectivity index (χ4v) is 4.27. The highest BCUT2D eigenvalue weighted by molar-refractivity contribution is 7.92. The van der Waals surface area contributed by atoms with Crippen LogP contribution in [0.1, 0.15) is 22.8 Å². The number of hydrogen-bond donors (Lipinski definition) is 1. The molecule has 3 aromatic carbocycles. The lowest BCUT2D eigenvalue weighted by Crippen LogP contribution is -2.14. The summed E-state index contributed by atoms with van der Waals surface area (Å²) in [6, 6.07) is 20.2. The quantitative estimate of drug-likeness (QED) is 0.442. The molecule has 0 unspecified atom stereocenters. The van der Waals surface area contributed by atoms with Gasteiger partial charge in [-0.1, -0.05) is 47.1 Å². The van der Waals surface area contributed by atoms with Crippen molar-refractivity contribution >= 4 is 21.5 Å². The smallest absolute Gasteiger partial charge is 0.262 e. The van der Waals surface area contributed by atoms with E-state index in [-0.39, 0.29) is 16.6 Å². The summed E-state index contributed by atoms with van der Waals surface area (Å²) in [5.41, 5.74) is 3.00. The predicted octanol–water partition coefficient (Wildman–Crippen LogP) is 4.72. The number of sulfonamides is 1. The number of aromatic nitrogens is 2. The van der Waals surface area contributed by atoms with Crippen LogP contribution in [0.2, 0.25) is 0 Å². The van der Waals surface area contributed by atoms with E-state index in [0.717, 1.165) is 11.1 Å². The van der Waals surface area contributed by atoms with Crippen LogP contribution >= 0.6 is 0 Å². The molecule has 7 nitrogen and oxygen atoms in total. The molecule has 31 heavy (non-hydrogen) atoms. The minimum Gasteiger partial charge on any atom is -0.334 e. The van der Waals surface area contributed by atoms with Gasteiger partial charge in [0, 0.05) is 16.8 Å². The fraction of sp³-hybridized carbons (Fsp3) is 0.0870. The Labute approximate surface area is 179 Å². The first-order chi connectivity index (χ1) is 14.8. The van der Waals surface area contributed by atoms with Crippen LogP contribution in [0.4, 0.5) is 5.69 Å². The van der Waals surface area contributed by atoms with Gasteiger partial charge < -0.3 is 4.52 Å². The lowest BCUT2D eigenvalue weighted by atomic mass is 10.1. The van der Waals surface area contributed by atoms with E-state index >= 15 is 0 Å². The Morgan fingerprint density at radius 3 is 2.29 bits per heavy atom. The molecule has 0 aliphatic rings. The van der Waals surface area contributed by atoms with Gasteiger partial charge in [-0.25, -0.2) is 8.42 Å². The van der Waals surface area contributed by atoms with Crippen LogP contribution in [0.5, 0.6) is 0 Å². The Balaban J connectivity index is 1.67. The second-order valence-corrected chi connectivity index (χ2v) is 8.68. The molecule has 0 fully saturated rings. The zero-order valence-electron chi connectivity index (χ0n) is 16.9. The summed E-state index contributed by atoms with van der Waals surface area (Å²) in [4.78, 5) is 15.8. The summed E-state index contributed by atoms with van der Waals surface area (Å²) in [5.74, 6) is 0.374. The molecule has 1 N–H and O–H groups in total. The molecule has 0 aliphatic heterocycles. The largest absolute Gasteiger partial charge is 0.334 e. The summed E-state index contributed by atoms with van der Waals surface area (Å²) in [6.07, 6.45) is 0. The summed E-state index contributed by atoms with van der Waals surface area (Å²) < 4.78 is 34.0. The van der Waals surface area contributed by atoms with E-state index < -0.39 is 10.0 Å². The van der Waals surface area contributed by atoms with Gasteiger partial charge in [0.15, 0.2) is 5.78 Å².